The molecule has 1 aromatic carbocycles. The smallest absolute Gasteiger partial charge is 0.341 e. The monoisotopic (exact) mass is 362 g/mol. The molecule has 0 saturated carbocycles. The minimum atomic E-state index is -0.539. The van der Waals surface area contributed by atoms with E-state index in [-0.39, 0.29) is 6.61 Å². The number of hydrogen-bond acceptors (Lipinski definition) is 7. The molecule has 7 heteroatoms. The van der Waals surface area contributed by atoms with Gasteiger partial charge in [0.15, 0.2) is 11.5 Å². The molecular formula is C19H22O7. The molecule has 0 fully saturated rings. The maximum absolute atomic E-state index is 12.3. The average molecular weight is 362 g/mol. The highest BCUT2D eigenvalue weighted by atomic mass is 16.5. The van der Waals surface area contributed by atoms with Crippen molar-refractivity contribution < 1.29 is 33.0 Å². The van der Waals surface area contributed by atoms with Crippen molar-refractivity contribution in [2.45, 2.75) is 27.4 Å². The van der Waals surface area contributed by atoms with Gasteiger partial charge >= 0.3 is 11.9 Å². The molecule has 26 heavy (non-hydrogen) atoms. The Kier molecular flexibility index (Phi) is 6.66. The van der Waals surface area contributed by atoms with E-state index in [9.17, 15) is 9.59 Å². The van der Waals surface area contributed by atoms with Crippen LogP contribution in [0.2, 0.25) is 0 Å². The van der Waals surface area contributed by atoms with Gasteiger partial charge in [0.2, 0.25) is 0 Å². The SMILES string of the molecule is CCOc1ccc(C(=O)OCc2cc(C(=O)OC)c(C)o2)cc1OCC. The van der Waals surface area contributed by atoms with E-state index in [2.05, 4.69) is 4.74 Å². The number of rotatable bonds is 8. The largest absolute Gasteiger partial charge is 0.490 e. The van der Waals surface area contributed by atoms with Gasteiger partial charge in [-0.15, -0.1) is 0 Å². The molecule has 0 bridgehead atoms. The zero-order valence-electron chi connectivity index (χ0n) is 15.3. The fraction of sp³-hybridized carbons (Fsp3) is 0.368. The zero-order valence-corrected chi connectivity index (χ0v) is 15.3. The normalized spacial score (nSPS) is 10.3. The van der Waals surface area contributed by atoms with Gasteiger partial charge in [0.05, 0.1) is 25.9 Å². The van der Waals surface area contributed by atoms with E-state index in [1.807, 2.05) is 13.8 Å². The molecule has 0 aliphatic rings. The van der Waals surface area contributed by atoms with Gasteiger partial charge < -0.3 is 23.4 Å². The van der Waals surface area contributed by atoms with Crippen molar-refractivity contribution in [3.05, 3.63) is 46.9 Å². The summed E-state index contributed by atoms with van der Waals surface area (Å²) < 4.78 is 26.3. The number of benzene rings is 1. The Morgan fingerprint density at radius 3 is 2.35 bits per heavy atom. The zero-order chi connectivity index (χ0) is 19.1. The predicted molar refractivity (Wildman–Crippen MR) is 92.7 cm³/mol. The first kappa shape index (κ1) is 19.4. The molecule has 0 amide bonds. The Labute approximate surface area is 151 Å². The molecule has 0 aliphatic heterocycles. The van der Waals surface area contributed by atoms with Gasteiger partial charge in [-0.25, -0.2) is 9.59 Å². The van der Waals surface area contributed by atoms with Crippen LogP contribution in [0, 0.1) is 6.92 Å². The maximum atomic E-state index is 12.3. The Bertz CT molecular complexity index is 776. The highest BCUT2D eigenvalue weighted by molar-refractivity contribution is 5.91. The molecule has 0 unspecified atom stereocenters. The molecule has 0 atom stereocenters. The summed E-state index contributed by atoms with van der Waals surface area (Å²) in [5, 5.41) is 0. The average Bonchev–Trinajstić information content (AvgIpc) is 3.01. The third-order valence-electron chi connectivity index (χ3n) is 3.50. The third kappa shape index (κ3) is 4.56. The minimum Gasteiger partial charge on any atom is -0.490 e. The maximum Gasteiger partial charge on any atom is 0.341 e. The summed E-state index contributed by atoms with van der Waals surface area (Å²) in [6.45, 7) is 6.18. The first-order valence-corrected chi connectivity index (χ1v) is 8.24. The van der Waals surface area contributed by atoms with Crippen LogP contribution in [-0.2, 0) is 16.1 Å². The number of esters is 2. The van der Waals surface area contributed by atoms with Crippen LogP contribution >= 0.6 is 0 Å². The molecule has 0 aliphatic carbocycles. The van der Waals surface area contributed by atoms with Crippen molar-refractivity contribution in [3.63, 3.8) is 0 Å². The Morgan fingerprint density at radius 1 is 1.00 bits per heavy atom. The van der Waals surface area contributed by atoms with Gasteiger partial charge in [-0.1, -0.05) is 0 Å². The lowest BCUT2D eigenvalue weighted by Gasteiger charge is -2.12. The van der Waals surface area contributed by atoms with Gasteiger partial charge in [-0.2, -0.15) is 0 Å². The molecule has 1 heterocycles. The van der Waals surface area contributed by atoms with Gasteiger partial charge in [-0.05, 0) is 45.0 Å². The standard InChI is InChI=1S/C19H22O7/c1-5-23-16-8-7-13(9-17(16)24-6-2)18(20)25-11-14-10-15(12(3)26-14)19(21)22-4/h7-10H,5-6,11H2,1-4H3. The van der Waals surface area contributed by atoms with Gasteiger partial charge in [0.1, 0.15) is 23.7 Å². The topological polar surface area (TPSA) is 84.2 Å². The summed E-state index contributed by atoms with van der Waals surface area (Å²) in [6.07, 6.45) is 0. The summed E-state index contributed by atoms with van der Waals surface area (Å²) in [5.74, 6) is 0.759. The van der Waals surface area contributed by atoms with Crippen molar-refractivity contribution in [2.24, 2.45) is 0 Å². The van der Waals surface area contributed by atoms with Crippen molar-refractivity contribution in [2.75, 3.05) is 20.3 Å². The van der Waals surface area contributed by atoms with Crippen LogP contribution in [0.3, 0.4) is 0 Å². The summed E-state index contributed by atoms with van der Waals surface area (Å²) >= 11 is 0. The Hall–Kier alpha value is -2.96. The van der Waals surface area contributed by atoms with Crippen LogP contribution in [0.5, 0.6) is 11.5 Å². The van der Waals surface area contributed by atoms with Crippen LogP contribution < -0.4 is 9.47 Å². The van der Waals surface area contributed by atoms with E-state index in [1.165, 1.54) is 13.2 Å². The highest BCUT2D eigenvalue weighted by Crippen LogP contribution is 2.29. The fourth-order valence-electron chi connectivity index (χ4n) is 2.33. The number of furan rings is 1. The fourth-order valence-corrected chi connectivity index (χ4v) is 2.33. The van der Waals surface area contributed by atoms with E-state index in [1.54, 1.807) is 25.1 Å². The number of carbonyl (C=O) groups is 2. The van der Waals surface area contributed by atoms with E-state index in [4.69, 9.17) is 18.6 Å². The van der Waals surface area contributed by atoms with Crippen molar-refractivity contribution in [1.29, 1.82) is 0 Å². The van der Waals surface area contributed by atoms with Crippen molar-refractivity contribution >= 4 is 11.9 Å². The first-order chi connectivity index (χ1) is 12.5. The molecule has 1 aromatic heterocycles. The second-order valence-electron chi connectivity index (χ2n) is 5.28. The molecule has 2 rings (SSSR count). The lowest BCUT2D eigenvalue weighted by molar-refractivity contribution is 0.0443. The van der Waals surface area contributed by atoms with E-state index in [0.717, 1.165) is 0 Å². The lowest BCUT2D eigenvalue weighted by atomic mass is 10.2. The quantitative estimate of drug-likeness (QED) is 0.664. The third-order valence-corrected chi connectivity index (χ3v) is 3.50. The Morgan fingerprint density at radius 2 is 1.69 bits per heavy atom. The van der Waals surface area contributed by atoms with Crippen LogP contribution in [0.25, 0.3) is 0 Å². The van der Waals surface area contributed by atoms with Gasteiger partial charge in [0, 0.05) is 0 Å². The number of carbonyl (C=O) groups excluding carboxylic acids is 2. The summed E-state index contributed by atoms with van der Waals surface area (Å²) in [5.41, 5.74) is 0.631. The highest BCUT2D eigenvalue weighted by Gasteiger charge is 2.17. The number of ether oxygens (including phenoxy) is 4. The minimum absolute atomic E-state index is 0.103. The second kappa shape index (κ2) is 8.94. The van der Waals surface area contributed by atoms with Crippen molar-refractivity contribution in [1.82, 2.24) is 0 Å². The number of hydrogen-bond donors (Lipinski definition) is 0. The van der Waals surface area contributed by atoms with Crippen LogP contribution in [-0.4, -0.2) is 32.3 Å². The van der Waals surface area contributed by atoms with Crippen molar-refractivity contribution in [3.8, 4) is 11.5 Å². The molecule has 140 valence electrons. The first-order valence-electron chi connectivity index (χ1n) is 8.24. The van der Waals surface area contributed by atoms with E-state index < -0.39 is 11.9 Å². The number of aryl methyl sites for hydroxylation is 1. The summed E-state index contributed by atoms with van der Waals surface area (Å²) in [7, 11) is 1.29. The Balaban J connectivity index is 2.08. The molecule has 0 saturated heterocycles. The molecule has 7 nitrogen and oxygen atoms in total. The lowest BCUT2D eigenvalue weighted by Crippen LogP contribution is -2.06. The molecular weight excluding hydrogens is 340 g/mol. The van der Waals surface area contributed by atoms with Gasteiger partial charge in [0.25, 0.3) is 0 Å². The van der Waals surface area contributed by atoms with E-state index in [0.29, 0.717) is 47.4 Å². The van der Waals surface area contributed by atoms with Crippen LogP contribution in [0.1, 0.15) is 46.1 Å². The number of methoxy groups -OCH3 is 1. The molecule has 0 spiro atoms. The van der Waals surface area contributed by atoms with Crippen LogP contribution in [0.4, 0.5) is 0 Å². The van der Waals surface area contributed by atoms with E-state index >= 15 is 0 Å². The summed E-state index contributed by atoms with van der Waals surface area (Å²) in [4.78, 5) is 23.8. The summed E-state index contributed by atoms with van der Waals surface area (Å²) in [6, 6.07) is 6.34. The second-order valence-corrected chi connectivity index (χ2v) is 5.28. The molecule has 0 N–H and O–H groups in total. The molecule has 2 aromatic rings. The predicted octanol–water partition coefficient (Wildman–Crippen LogP) is 3.53. The molecule has 0 radical (unpaired) electrons. The van der Waals surface area contributed by atoms with Gasteiger partial charge in [-0.3, -0.25) is 0 Å². The van der Waals surface area contributed by atoms with Crippen LogP contribution in [0.15, 0.2) is 28.7 Å².